The number of nitrogens with zero attached hydrogens (tertiary/aromatic N) is 2. The third kappa shape index (κ3) is 4.41. The Kier molecular flexibility index (Phi) is 5.25. The summed E-state index contributed by atoms with van der Waals surface area (Å²) in [6, 6.07) is 15.8. The van der Waals surface area contributed by atoms with Crippen LogP contribution in [0.15, 0.2) is 53.5 Å². The largest absolute Gasteiger partial charge is 0.497 e. The van der Waals surface area contributed by atoms with E-state index in [0.29, 0.717) is 12.5 Å². The van der Waals surface area contributed by atoms with Crippen molar-refractivity contribution < 1.29 is 4.74 Å². The van der Waals surface area contributed by atoms with Crippen LogP contribution >= 0.6 is 0 Å². The fraction of sp³-hybridized carbons (Fsp3) is 0.235. The van der Waals surface area contributed by atoms with E-state index in [9.17, 15) is 0 Å². The second-order valence-corrected chi connectivity index (χ2v) is 5.12. The molecule has 0 amide bonds. The highest BCUT2D eigenvalue weighted by molar-refractivity contribution is 5.92. The molecule has 2 aromatic rings. The Hall–Kier alpha value is -2.69. The van der Waals surface area contributed by atoms with Crippen molar-refractivity contribution in [2.75, 3.05) is 31.4 Å². The molecule has 116 valence electrons. The van der Waals surface area contributed by atoms with Gasteiger partial charge in [-0.25, -0.2) is 4.99 Å². The number of rotatable bonds is 5. The molecule has 0 aliphatic rings. The van der Waals surface area contributed by atoms with Gasteiger partial charge in [0.15, 0.2) is 5.96 Å². The van der Waals surface area contributed by atoms with Crippen LogP contribution in [0.4, 0.5) is 11.4 Å². The molecule has 0 heterocycles. The van der Waals surface area contributed by atoms with Crippen LogP contribution in [-0.2, 0) is 6.54 Å². The first-order valence-electron chi connectivity index (χ1n) is 7.06. The Morgan fingerprint density at radius 2 is 1.73 bits per heavy atom. The summed E-state index contributed by atoms with van der Waals surface area (Å²) >= 11 is 0. The highest BCUT2D eigenvalue weighted by Gasteiger charge is 1.98. The van der Waals surface area contributed by atoms with Crippen molar-refractivity contribution >= 4 is 17.3 Å². The quantitative estimate of drug-likeness (QED) is 0.658. The molecule has 0 radical (unpaired) electrons. The number of anilines is 2. The smallest absolute Gasteiger partial charge is 0.193 e. The van der Waals surface area contributed by atoms with Crippen LogP contribution in [0.3, 0.4) is 0 Å². The van der Waals surface area contributed by atoms with Crippen LogP contribution in [-0.4, -0.2) is 27.2 Å². The average Bonchev–Trinajstić information content (AvgIpc) is 2.54. The van der Waals surface area contributed by atoms with Gasteiger partial charge in [0.25, 0.3) is 0 Å². The van der Waals surface area contributed by atoms with Gasteiger partial charge in [0, 0.05) is 25.5 Å². The van der Waals surface area contributed by atoms with E-state index in [4.69, 9.17) is 10.5 Å². The molecule has 0 saturated carbocycles. The first-order valence-corrected chi connectivity index (χ1v) is 7.06. The van der Waals surface area contributed by atoms with Crippen LogP contribution in [0.1, 0.15) is 5.56 Å². The number of benzene rings is 2. The van der Waals surface area contributed by atoms with Crippen molar-refractivity contribution in [3.63, 3.8) is 0 Å². The predicted molar refractivity (Wildman–Crippen MR) is 92.7 cm³/mol. The second-order valence-electron chi connectivity index (χ2n) is 5.12. The highest BCUT2D eigenvalue weighted by Crippen LogP contribution is 2.15. The van der Waals surface area contributed by atoms with Crippen molar-refractivity contribution in [2.45, 2.75) is 6.54 Å². The first kappa shape index (κ1) is 15.7. The van der Waals surface area contributed by atoms with E-state index in [2.05, 4.69) is 10.3 Å². The van der Waals surface area contributed by atoms with Crippen LogP contribution in [0.2, 0.25) is 0 Å². The molecule has 2 rings (SSSR count). The monoisotopic (exact) mass is 298 g/mol. The molecule has 0 fully saturated rings. The molecule has 0 bridgehead atoms. The molecule has 22 heavy (non-hydrogen) atoms. The molecule has 0 spiro atoms. The summed E-state index contributed by atoms with van der Waals surface area (Å²) in [7, 11) is 5.66. The van der Waals surface area contributed by atoms with Crippen LogP contribution in [0.5, 0.6) is 5.75 Å². The summed E-state index contributed by atoms with van der Waals surface area (Å²) in [6.07, 6.45) is 0. The number of nitrogens with two attached hydrogens (primary N) is 1. The molecule has 0 aliphatic carbocycles. The van der Waals surface area contributed by atoms with Crippen molar-refractivity contribution in [2.24, 2.45) is 10.7 Å². The third-order valence-electron chi connectivity index (χ3n) is 3.25. The molecule has 2 aromatic carbocycles. The number of methoxy groups -OCH3 is 1. The van der Waals surface area contributed by atoms with E-state index < -0.39 is 0 Å². The topological polar surface area (TPSA) is 62.9 Å². The molecular formula is C17H22N4O. The summed E-state index contributed by atoms with van der Waals surface area (Å²) in [5.41, 5.74) is 9.04. The molecule has 0 aromatic heterocycles. The maximum atomic E-state index is 5.91. The van der Waals surface area contributed by atoms with Gasteiger partial charge >= 0.3 is 0 Å². The van der Waals surface area contributed by atoms with Gasteiger partial charge in [-0.3, -0.25) is 0 Å². The zero-order valence-electron chi connectivity index (χ0n) is 13.2. The molecule has 0 unspecified atom stereocenters. The lowest BCUT2D eigenvalue weighted by molar-refractivity contribution is 0.414. The van der Waals surface area contributed by atoms with Crippen LogP contribution < -0.4 is 20.7 Å². The second kappa shape index (κ2) is 7.36. The van der Waals surface area contributed by atoms with Gasteiger partial charge in [-0.15, -0.1) is 0 Å². The van der Waals surface area contributed by atoms with Crippen molar-refractivity contribution in [1.29, 1.82) is 0 Å². The SMILES string of the molecule is COc1ccc(CN=C(N)Nc2ccc(N(C)C)cc2)cc1. The predicted octanol–water partition coefficient (Wildman–Crippen LogP) is 2.69. The number of nitrogens with one attached hydrogen (secondary N) is 1. The highest BCUT2D eigenvalue weighted by atomic mass is 16.5. The van der Waals surface area contributed by atoms with Gasteiger partial charge in [0.2, 0.25) is 0 Å². The summed E-state index contributed by atoms with van der Waals surface area (Å²) in [6.45, 7) is 0.526. The van der Waals surface area contributed by atoms with Crippen LogP contribution in [0, 0.1) is 0 Å². The van der Waals surface area contributed by atoms with Gasteiger partial charge in [-0.05, 0) is 42.0 Å². The summed E-state index contributed by atoms with van der Waals surface area (Å²) in [5, 5.41) is 3.09. The van der Waals surface area contributed by atoms with Gasteiger partial charge < -0.3 is 20.7 Å². The van der Waals surface area contributed by atoms with E-state index in [-0.39, 0.29) is 0 Å². The minimum absolute atomic E-state index is 0.397. The maximum Gasteiger partial charge on any atom is 0.193 e. The lowest BCUT2D eigenvalue weighted by Gasteiger charge is -2.13. The summed E-state index contributed by atoms with van der Waals surface area (Å²) < 4.78 is 5.12. The van der Waals surface area contributed by atoms with Crippen LogP contribution in [0.25, 0.3) is 0 Å². The summed E-state index contributed by atoms with van der Waals surface area (Å²) in [5.74, 6) is 1.23. The Balaban J connectivity index is 1.94. The number of guanidine groups is 1. The van der Waals surface area contributed by atoms with E-state index in [1.807, 2.05) is 67.5 Å². The van der Waals surface area contributed by atoms with Gasteiger partial charge in [0.1, 0.15) is 5.75 Å². The zero-order chi connectivity index (χ0) is 15.9. The van der Waals surface area contributed by atoms with Crippen molar-refractivity contribution in [3.8, 4) is 5.75 Å². The molecule has 0 saturated heterocycles. The van der Waals surface area contributed by atoms with E-state index >= 15 is 0 Å². The lowest BCUT2D eigenvalue weighted by Crippen LogP contribution is -2.22. The van der Waals surface area contributed by atoms with Gasteiger partial charge in [-0.1, -0.05) is 12.1 Å². The fourth-order valence-electron chi connectivity index (χ4n) is 1.94. The zero-order valence-corrected chi connectivity index (χ0v) is 13.2. The number of aliphatic imine (C=N–C) groups is 1. The van der Waals surface area contributed by atoms with Crippen molar-refractivity contribution in [3.05, 3.63) is 54.1 Å². The number of hydrogen-bond donors (Lipinski definition) is 2. The van der Waals surface area contributed by atoms with Gasteiger partial charge in [0.05, 0.1) is 13.7 Å². The van der Waals surface area contributed by atoms with Gasteiger partial charge in [-0.2, -0.15) is 0 Å². The number of hydrogen-bond acceptors (Lipinski definition) is 3. The maximum absolute atomic E-state index is 5.91. The van der Waals surface area contributed by atoms with Crippen molar-refractivity contribution in [1.82, 2.24) is 0 Å². The minimum Gasteiger partial charge on any atom is -0.497 e. The molecular weight excluding hydrogens is 276 g/mol. The fourth-order valence-corrected chi connectivity index (χ4v) is 1.94. The molecule has 0 atom stereocenters. The number of ether oxygens (including phenoxy) is 1. The molecule has 0 aliphatic heterocycles. The Bertz CT molecular complexity index is 618. The molecule has 5 heteroatoms. The normalized spacial score (nSPS) is 11.1. The molecule has 5 nitrogen and oxygen atoms in total. The van der Waals surface area contributed by atoms with E-state index in [1.54, 1.807) is 7.11 Å². The Morgan fingerprint density at radius 3 is 2.27 bits per heavy atom. The average molecular weight is 298 g/mol. The summed E-state index contributed by atoms with van der Waals surface area (Å²) in [4.78, 5) is 6.38. The minimum atomic E-state index is 0.397. The third-order valence-corrected chi connectivity index (χ3v) is 3.25. The first-order chi connectivity index (χ1) is 10.6. The standard InChI is InChI=1S/C17H22N4O/c1-21(2)15-8-6-14(7-9-15)20-17(18)19-12-13-4-10-16(22-3)11-5-13/h4-11H,12H2,1-3H3,(H3,18,19,20). The Labute approximate surface area is 131 Å². The van der Waals surface area contributed by atoms with E-state index in [1.165, 1.54) is 0 Å². The molecule has 3 N–H and O–H groups in total. The lowest BCUT2D eigenvalue weighted by atomic mass is 10.2. The van der Waals surface area contributed by atoms with E-state index in [0.717, 1.165) is 22.7 Å². The Morgan fingerprint density at radius 1 is 1.09 bits per heavy atom.